The minimum Gasteiger partial charge on any atom is -0.507 e. The van der Waals surface area contributed by atoms with E-state index in [4.69, 9.17) is 5.73 Å². The van der Waals surface area contributed by atoms with Crippen LogP contribution in [0.15, 0.2) is 63.7 Å². The molecule has 0 heterocycles. The molecule has 1 aliphatic rings. The van der Waals surface area contributed by atoms with Gasteiger partial charge in [0.15, 0.2) is 0 Å². The van der Waals surface area contributed by atoms with E-state index < -0.39 is 10.0 Å². The van der Waals surface area contributed by atoms with Crippen LogP contribution in [0, 0.1) is 6.92 Å². The molecule has 8 heteroatoms. The smallest absolute Gasteiger partial charge is 0.245 e. The molecule has 4 rings (SSSR count). The number of sulfonamides is 1. The van der Waals surface area contributed by atoms with Crippen molar-refractivity contribution in [3.05, 3.63) is 54.1 Å². The van der Waals surface area contributed by atoms with Crippen molar-refractivity contribution >= 4 is 37.9 Å². The second-order valence-electron chi connectivity index (χ2n) is 8.37. The standard InChI is InChI=1S/C24H28N4O3S/c1-16-14-17-12-13-19(25)24(23(17)21(29)15-16)27-26-20-10-6-7-11-22(20)32(30,31)28(2)18-8-4-3-5-9-18/h6-7,10-15,18,29H,3-5,8-9,25H2,1-2H3. The zero-order chi connectivity index (χ0) is 22.9. The Bertz CT molecular complexity index is 1280. The topological polar surface area (TPSA) is 108 Å². The summed E-state index contributed by atoms with van der Waals surface area (Å²) in [5, 5.41) is 20.3. The number of benzene rings is 3. The van der Waals surface area contributed by atoms with Crippen LogP contribution in [-0.2, 0) is 10.0 Å². The lowest BCUT2D eigenvalue weighted by Crippen LogP contribution is -2.38. The van der Waals surface area contributed by atoms with Gasteiger partial charge in [-0.3, -0.25) is 0 Å². The van der Waals surface area contributed by atoms with Gasteiger partial charge in [-0.05, 0) is 55.0 Å². The summed E-state index contributed by atoms with van der Waals surface area (Å²) in [5.41, 5.74) is 7.94. The maximum absolute atomic E-state index is 13.4. The predicted molar refractivity (Wildman–Crippen MR) is 127 cm³/mol. The van der Waals surface area contributed by atoms with Crippen molar-refractivity contribution in [3.8, 4) is 5.75 Å². The maximum Gasteiger partial charge on any atom is 0.245 e. The summed E-state index contributed by atoms with van der Waals surface area (Å²) in [4.78, 5) is 0.107. The molecule has 1 saturated carbocycles. The monoisotopic (exact) mass is 452 g/mol. The second kappa shape index (κ2) is 8.88. The van der Waals surface area contributed by atoms with Gasteiger partial charge in [0.05, 0.1) is 11.1 Å². The van der Waals surface area contributed by atoms with Crippen LogP contribution in [-0.4, -0.2) is 30.9 Å². The molecule has 3 N–H and O–H groups in total. The number of aromatic hydroxyl groups is 1. The van der Waals surface area contributed by atoms with E-state index in [-0.39, 0.29) is 22.4 Å². The lowest BCUT2D eigenvalue weighted by atomic mass is 9.96. The van der Waals surface area contributed by atoms with Gasteiger partial charge >= 0.3 is 0 Å². The van der Waals surface area contributed by atoms with Gasteiger partial charge in [-0.15, -0.1) is 10.2 Å². The third-order valence-corrected chi connectivity index (χ3v) is 8.07. The van der Waals surface area contributed by atoms with Crippen LogP contribution in [0.1, 0.15) is 37.7 Å². The van der Waals surface area contributed by atoms with Crippen molar-refractivity contribution in [1.29, 1.82) is 0 Å². The van der Waals surface area contributed by atoms with Gasteiger partial charge in [0.25, 0.3) is 0 Å². The summed E-state index contributed by atoms with van der Waals surface area (Å²) in [6.45, 7) is 1.89. The second-order valence-corrected chi connectivity index (χ2v) is 10.3. The van der Waals surface area contributed by atoms with Gasteiger partial charge in [-0.2, -0.15) is 4.31 Å². The minimum absolute atomic E-state index is 0.00681. The molecule has 1 fully saturated rings. The van der Waals surface area contributed by atoms with Crippen molar-refractivity contribution in [2.24, 2.45) is 10.2 Å². The van der Waals surface area contributed by atoms with E-state index in [9.17, 15) is 13.5 Å². The number of phenols is 1. The number of azo groups is 1. The number of hydrogen-bond acceptors (Lipinski definition) is 6. The number of nitrogens with zero attached hydrogens (tertiary/aromatic N) is 3. The summed E-state index contributed by atoms with van der Waals surface area (Å²) in [5.74, 6) is 0.0548. The number of fused-ring (bicyclic) bond motifs is 1. The summed E-state index contributed by atoms with van der Waals surface area (Å²) >= 11 is 0. The summed E-state index contributed by atoms with van der Waals surface area (Å²) in [6, 6.07) is 13.6. The average Bonchev–Trinajstić information content (AvgIpc) is 2.78. The lowest BCUT2D eigenvalue weighted by Gasteiger charge is -2.30. The highest BCUT2D eigenvalue weighted by Gasteiger charge is 2.30. The molecule has 0 aromatic heterocycles. The Morgan fingerprint density at radius 1 is 1.03 bits per heavy atom. The van der Waals surface area contributed by atoms with Crippen LogP contribution in [0.4, 0.5) is 17.1 Å². The van der Waals surface area contributed by atoms with Gasteiger partial charge in [0.2, 0.25) is 10.0 Å². The number of nitrogens with two attached hydrogens (primary N) is 1. The number of nitrogen functional groups attached to an aromatic ring is 1. The van der Waals surface area contributed by atoms with Gasteiger partial charge in [0.1, 0.15) is 22.0 Å². The maximum atomic E-state index is 13.4. The van der Waals surface area contributed by atoms with Crippen LogP contribution in [0.2, 0.25) is 0 Å². The van der Waals surface area contributed by atoms with Crippen LogP contribution < -0.4 is 5.73 Å². The molecule has 168 valence electrons. The molecule has 32 heavy (non-hydrogen) atoms. The fourth-order valence-electron chi connectivity index (χ4n) is 4.35. The molecule has 0 unspecified atom stereocenters. The Morgan fingerprint density at radius 2 is 1.75 bits per heavy atom. The van der Waals surface area contributed by atoms with Crippen molar-refractivity contribution in [2.75, 3.05) is 12.8 Å². The number of hydrogen-bond donors (Lipinski definition) is 2. The van der Waals surface area contributed by atoms with Gasteiger partial charge < -0.3 is 10.8 Å². The average molecular weight is 453 g/mol. The molecule has 1 aliphatic carbocycles. The van der Waals surface area contributed by atoms with Crippen LogP contribution in [0.5, 0.6) is 5.75 Å². The minimum atomic E-state index is -3.74. The molecular weight excluding hydrogens is 424 g/mol. The first kappa shape index (κ1) is 22.2. The zero-order valence-electron chi connectivity index (χ0n) is 18.3. The number of rotatable bonds is 5. The highest BCUT2D eigenvalue weighted by atomic mass is 32.2. The number of anilines is 1. The van der Waals surface area contributed by atoms with E-state index in [1.165, 1.54) is 4.31 Å². The first-order valence-corrected chi connectivity index (χ1v) is 12.2. The number of aryl methyl sites for hydroxylation is 1. The van der Waals surface area contributed by atoms with Gasteiger partial charge in [-0.25, -0.2) is 8.42 Å². The Hall–Kier alpha value is -2.97. The quantitative estimate of drug-likeness (QED) is 0.376. The van der Waals surface area contributed by atoms with E-state index in [1.54, 1.807) is 43.4 Å². The molecule has 0 radical (unpaired) electrons. The Balaban J connectivity index is 1.75. The first-order valence-electron chi connectivity index (χ1n) is 10.8. The third kappa shape index (κ3) is 4.20. The fourth-order valence-corrected chi connectivity index (χ4v) is 5.89. The molecule has 0 atom stereocenters. The lowest BCUT2D eigenvalue weighted by molar-refractivity contribution is 0.286. The van der Waals surface area contributed by atoms with Gasteiger partial charge in [-0.1, -0.05) is 43.5 Å². The summed E-state index contributed by atoms with van der Waals surface area (Å²) < 4.78 is 28.3. The van der Waals surface area contributed by atoms with Crippen LogP contribution in [0.3, 0.4) is 0 Å². The van der Waals surface area contributed by atoms with Gasteiger partial charge in [0, 0.05) is 13.1 Å². The van der Waals surface area contributed by atoms with Crippen LogP contribution in [0.25, 0.3) is 10.8 Å². The van der Waals surface area contributed by atoms with E-state index in [2.05, 4.69) is 10.2 Å². The third-order valence-electron chi connectivity index (χ3n) is 6.11. The van der Waals surface area contributed by atoms with E-state index in [1.807, 2.05) is 19.1 Å². The van der Waals surface area contributed by atoms with E-state index >= 15 is 0 Å². The first-order chi connectivity index (χ1) is 15.3. The number of phenolic OH excluding ortho intramolecular Hbond substituents is 1. The SMILES string of the molecule is Cc1cc(O)c2c(N=Nc3ccccc3S(=O)(=O)N(C)C3CCCCC3)c(N)ccc2c1. The molecule has 3 aromatic carbocycles. The molecule has 0 amide bonds. The van der Waals surface area contributed by atoms with Crippen molar-refractivity contribution < 1.29 is 13.5 Å². The predicted octanol–water partition coefficient (Wildman–Crippen LogP) is 5.80. The van der Waals surface area contributed by atoms with E-state index in [0.717, 1.165) is 43.1 Å². The fraction of sp³-hybridized carbons (Fsp3) is 0.333. The van der Waals surface area contributed by atoms with Crippen molar-refractivity contribution in [3.63, 3.8) is 0 Å². The molecule has 7 nitrogen and oxygen atoms in total. The molecule has 3 aromatic rings. The highest BCUT2D eigenvalue weighted by Crippen LogP contribution is 2.40. The molecular formula is C24H28N4O3S. The molecule has 0 bridgehead atoms. The van der Waals surface area contributed by atoms with Crippen molar-refractivity contribution in [2.45, 2.75) is 50.0 Å². The molecule has 0 spiro atoms. The summed E-state index contributed by atoms with van der Waals surface area (Å²) in [7, 11) is -2.10. The van der Waals surface area contributed by atoms with E-state index in [0.29, 0.717) is 16.8 Å². The molecule has 0 aliphatic heterocycles. The Labute approximate surface area is 188 Å². The summed E-state index contributed by atoms with van der Waals surface area (Å²) in [6.07, 6.45) is 4.95. The molecule has 0 saturated heterocycles. The van der Waals surface area contributed by atoms with Crippen LogP contribution >= 0.6 is 0 Å². The normalized spacial score (nSPS) is 15.7. The largest absolute Gasteiger partial charge is 0.507 e. The Morgan fingerprint density at radius 3 is 2.50 bits per heavy atom. The van der Waals surface area contributed by atoms with Crippen molar-refractivity contribution in [1.82, 2.24) is 4.31 Å². The zero-order valence-corrected chi connectivity index (χ0v) is 19.1. The highest BCUT2D eigenvalue weighted by molar-refractivity contribution is 7.89. The Kier molecular flexibility index (Phi) is 6.17.